The van der Waals surface area contributed by atoms with E-state index in [0.717, 1.165) is 40.8 Å². The van der Waals surface area contributed by atoms with Crippen LogP contribution in [-0.2, 0) is 0 Å². The molecule has 1 aromatic carbocycles. The van der Waals surface area contributed by atoms with Crippen LogP contribution in [0, 0.1) is 23.6 Å². The van der Waals surface area contributed by atoms with Crippen molar-refractivity contribution in [2.45, 2.75) is 45.1 Å². The van der Waals surface area contributed by atoms with Crippen molar-refractivity contribution in [3.8, 4) is 0 Å². The molecule has 4 unspecified atom stereocenters. The molecule has 0 heterocycles. The Bertz CT molecular complexity index is 476. The third kappa shape index (κ3) is 2.94. The van der Waals surface area contributed by atoms with Gasteiger partial charge in [0.05, 0.1) is 0 Å². The van der Waals surface area contributed by atoms with Gasteiger partial charge in [-0.05, 0) is 73.7 Å². The monoisotopic (exact) mass is 339 g/mol. The van der Waals surface area contributed by atoms with E-state index in [0.29, 0.717) is 0 Å². The molecule has 0 spiro atoms. The maximum atomic E-state index is 13.6. The molecule has 2 aliphatic carbocycles. The van der Waals surface area contributed by atoms with Gasteiger partial charge in [-0.3, -0.25) is 0 Å². The summed E-state index contributed by atoms with van der Waals surface area (Å²) in [6.45, 7) is 3.05. The first-order chi connectivity index (χ1) is 9.67. The van der Waals surface area contributed by atoms with Crippen LogP contribution in [0.2, 0.25) is 0 Å². The smallest absolute Gasteiger partial charge is 0.123 e. The van der Waals surface area contributed by atoms with Crippen molar-refractivity contribution >= 4 is 15.9 Å². The van der Waals surface area contributed by atoms with E-state index in [9.17, 15) is 4.39 Å². The second kappa shape index (κ2) is 6.15. The molecule has 1 aromatic rings. The van der Waals surface area contributed by atoms with Gasteiger partial charge in [0.2, 0.25) is 0 Å². The van der Waals surface area contributed by atoms with E-state index in [2.05, 4.69) is 28.2 Å². The van der Waals surface area contributed by atoms with E-state index in [1.807, 2.05) is 6.07 Å². The van der Waals surface area contributed by atoms with E-state index < -0.39 is 0 Å². The zero-order chi connectivity index (χ0) is 14.1. The van der Waals surface area contributed by atoms with Crippen LogP contribution in [0.25, 0.3) is 0 Å². The lowest BCUT2D eigenvalue weighted by Crippen LogP contribution is -2.26. The lowest BCUT2D eigenvalue weighted by Gasteiger charge is -2.28. The number of hydrogen-bond donors (Lipinski definition) is 1. The number of benzene rings is 1. The highest BCUT2D eigenvalue weighted by molar-refractivity contribution is 9.10. The van der Waals surface area contributed by atoms with E-state index in [1.165, 1.54) is 31.7 Å². The van der Waals surface area contributed by atoms with Gasteiger partial charge in [-0.1, -0.05) is 29.3 Å². The first kappa shape index (κ1) is 14.5. The molecule has 0 aromatic heterocycles. The number of halogens is 2. The molecule has 1 N–H and O–H groups in total. The van der Waals surface area contributed by atoms with Gasteiger partial charge in [0.25, 0.3) is 0 Å². The number of nitrogens with one attached hydrogen (secondary N) is 1. The quantitative estimate of drug-likeness (QED) is 0.789. The molecule has 0 radical (unpaired) electrons. The van der Waals surface area contributed by atoms with E-state index in [1.54, 1.807) is 6.07 Å². The molecule has 2 bridgehead atoms. The minimum absolute atomic E-state index is 0.140. The van der Waals surface area contributed by atoms with E-state index >= 15 is 0 Å². The standard InChI is InChI=1S/C17H23BrFN/c1-2-20-17(15-10-14(19)5-6-16(15)18)9-13-8-11-3-4-12(13)7-11/h5-6,10-13,17,20H,2-4,7-9H2,1H3. The molecule has 20 heavy (non-hydrogen) atoms. The summed E-state index contributed by atoms with van der Waals surface area (Å²) < 4.78 is 14.6. The Morgan fingerprint density at radius 1 is 1.35 bits per heavy atom. The van der Waals surface area contributed by atoms with Gasteiger partial charge >= 0.3 is 0 Å². The Hall–Kier alpha value is -0.410. The fourth-order valence-corrected chi connectivity index (χ4v) is 4.84. The predicted octanol–water partition coefficient (Wildman–Crippen LogP) is 5.07. The summed E-state index contributed by atoms with van der Waals surface area (Å²) in [5, 5.41) is 3.56. The van der Waals surface area contributed by atoms with Crippen molar-refractivity contribution in [1.29, 1.82) is 0 Å². The second-order valence-electron chi connectivity index (χ2n) is 6.45. The van der Waals surface area contributed by atoms with Crippen LogP contribution >= 0.6 is 15.9 Å². The van der Waals surface area contributed by atoms with Crippen LogP contribution in [0.5, 0.6) is 0 Å². The van der Waals surface area contributed by atoms with Crippen LogP contribution in [-0.4, -0.2) is 6.54 Å². The molecule has 2 aliphatic rings. The fourth-order valence-electron chi connectivity index (χ4n) is 4.32. The molecule has 110 valence electrons. The second-order valence-corrected chi connectivity index (χ2v) is 7.30. The van der Waals surface area contributed by atoms with Gasteiger partial charge in [0.15, 0.2) is 0 Å². The molecule has 0 saturated heterocycles. The minimum Gasteiger partial charge on any atom is -0.310 e. The predicted molar refractivity (Wildman–Crippen MR) is 84.1 cm³/mol. The molecule has 1 nitrogen and oxygen atoms in total. The topological polar surface area (TPSA) is 12.0 Å². The maximum absolute atomic E-state index is 13.6. The lowest BCUT2D eigenvalue weighted by molar-refractivity contribution is 0.280. The molecule has 2 saturated carbocycles. The highest BCUT2D eigenvalue weighted by atomic mass is 79.9. The van der Waals surface area contributed by atoms with Gasteiger partial charge in [-0.2, -0.15) is 0 Å². The van der Waals surface area contributed by atoms with Crippen molar-refractivity contribution < 1.29 is 4.39 Å². The Morgan fingerprint density at radius 2 is 2.20 bits per heavy atom. The molecule has 3 rings (SSSR count). The first-order valence-corrected chi connectivity index (χ1v) is 8.65. The molecular weight excluding hydrogens is 317 g/mol. The summed E-state index contributed by atoms with van der Waals surface area (Å²) in [7, 11) is 0. The third-order valence-electron chi connectivity index (χ3n) is 5.21. The zero-order valence-electron chi connectivity index (χ0n) is 12.0. The third-order valence-corrected chi connectivity index (χ3v) is 5.93. The average Bonchev–Trinajstić information content (AvgIpc) is 3.03. The molecule has 0 aliphatic heterocycles. The summed E-state index contributed by atoms with van der Waals surface area (Å²) in [6.07, 6.45) is 6.83. The molecule has 2 fully saturated rings. The fraction of sp³-hybridized carbons (Fsp3) is 0.647. The Morgan fingerprint density at radius 3 is 2.85 bits per heavy atom. The highest BCUT2D eigenvalue weighted by Gasteiger charge is 2.40. The van der Waals surface area contributed by atoms with Crippen molar-refractivity contribution in [2.75, 3.05) is 6.54 Å². The Balaban J connectivity index is 1.76. The summed E-state index contributed by atoms with van der Waals surface area (Å²) >= 11 is 3.58. The average molecular weight is 340 g/mol. The van der Waals surface area contributed by atoms with Gasteiger partial charge in [-0.15, -0.1) is 0 Å². The Labute approximate surface area is 129 Å². The van der Waals surface area contributed by atoms with Crippen molar-refractivity contribution in [3.05, 3.63) is 34.1 Å². The summed E-state index contributed by atoms with van der Waals surface area (Å²) in [5.74, 6) is 2.59. The number of rotatable bonds is 5. The zero-order valence-corrected chi connectivity index (χ0v) is 13.6. The molecule has 4 atom stereocenters. The summed E-state index contributed by atoms with van der Waals surface area (Å²) in [6, 6.07) is 5.31. The largest absolute Gasteiger partial charge is 0.310 e. The van der Waals surface area contributed by atoms with Gasteiger partial charge in [0, 0.05) is 10.5 Å². The number of hydrogen-bond acceptors (Lipinski definition) is 1. The van der Waals surface area contributed by atoms with Crippen LogP contribution in [0.1, 0.15) is 50.6 Å². The van der Waals surface area contributed by atoms with Crippen LogP contribution < -0.4 is 5.32 Å². The molecule has 0 amide bonds. The lowest BCUT2D eigenvalue weighted by atomic mass is 9.82. The Kier molecular flexibility index (Phi) is 4.46. The van der Waals surface area contributed by atoms with Crippen molar-refractivity contribution in [2.24, 2.45) is 17.8 Å². The van der Waals surface area contributed by atoms with Gasteiger partial charge in [-0.25, -0.2) is 4.39 Å². The normalized spacial score (nSPS) is 29.9. The summed E-state index contributed by atoms with van der Waals surface area (Å²) in [5.41, 5.74) is 1.08. The first-order valence-electron chi connectivity index (χ1n) is 7.85. The van der Waals surface area contributed by atoms with Gasteiger partial charge in [0.1, 0.15) is 5.82 Å². The minimum atomic E-state index is -0.140. The SMILES string of the molecule is CCNC(CC1CC2CCC1C2)c1cc(F)ccc1Br. The summed E-state index contributed by atoms with van der Waals surface area (Å²) in [4.78, 5) is 0. The van der Waals surface area contributed by atoms with Crippen LogP contribution in [0.4, 0.5) is 4.39 Å². The van der Waals surface area contributed by atoms with Crippen LogP contribution in [0.15, 0.2) is 22.7 Å². The van der Waals surface area contributed by atoms with Gasteiger partial charge < -0.3 is 5.32 Å². The molecule has 3 heteroatoms. The maximum Gasteiger partial charge on any atom is 0.123 e. The van der Waals surface area contributed by atoms with E-state index in [-0.39, 0.29) is 11.9 Å². The highest BCUT2D eigenvalue weighted by Crippen LogP contribution is 2.51. The number of fused-ring (bicyclic) bond motifs is 2. The van der Waals surface area contributed by atoms with E-state index in [4.69, 9.17) is 0 Å². The van der Waals surface area contributed by atoms with Crippen molar-refractivity contribution in [3.63, 3.8) is 0 Å². The molecular formula is C17H23BrFN. The van der Waals surface area contributed by atoms with Crippen molar-refractivity contribution in [1.82, 2.24) is 5.32 Å². The van der Waals surface area contributed by atoms with Crippen LogP contribution in [0.3, 0.4) is 0 Å².